The zero-order valence-corrected chi connectivity index (χ0v) is 8.44. The van der Waals surface area contributed by atoms with E-state index in [2.05, 4.69) is 0 Å². The van der Waals surface area contributed by atoms with Crippen LogP contribution in [0.5, 0.6) is 0 Å². The van der Waals surface area contributed by atoms with E-state index in [4.69, 9.17) is 9.84 Å². The molecule has 4 nitrogen and oxygen atoms in total. The van der Waals surface area contributed by atoms with Crippen LogP contribution in [0.15, 0.2) is 0 Å². The molecule has 0 saturated carbocycles. The highest BCUT2D eigenvalue weighted by Crippen LogP contribution is 2.17. The van der Waals surface area contributed by atoms with Crippen LogP contribution in [0.3, 0.4) is 0 Å². The number of carbonyl (C=O) groups is 1. The summed E-state index contributed by atoms with van der Waals surface area (Å²) in [5.74, 6) is -0.415. The first-order chi connectivity index (χ1) is 6.56. The Labute approximate surface area is 82.6 Å². The maximum absolute atomic E-state index is 13.3. The van der Waals surface area contributed by atoms with Crippen LogP contribution in [0.1, 0.15) is 13.3 Å². The van der Waals surface area contributed by atoms with Crippen molar-refractivity contribution in [2.75, 3.05) is 20.2 Å². The van der Waals surface area contributed by atoms with Crippen molar-refractivity contribution in [2.24, 2.45) is 0 Å². The number of aliphatic hydroxyl groups excluding tert-OH is 1. The summed E-state index contributed by atoms with van der Waals surface area (Å²) in [6.45, 7) is 1.85. The first-order valence-electron chi connectivity index (χ1n) is 4.70. The van der Waals surface area contributed by atoms with E-state index in [1.807, 2.05) is 0 Å². The van der Waals surface area contributed by atoms with Gasteiger partial charge in [-0.15, -0.1) is 0 Å². The maximum Gasteiger partial charge on any atom is 0.251 e. The molecule has 1 unspecified atom stereocenters. The number of hydrogen-bond acceptors (Lipinski definition) is 3. The Morgan fingerprint density at radius 1 is 1.71 bits per heavy atom. The third kappa shape index (κ3) is 2.42. The van der Waals surface area contributed by atoms with Gasteiger partial charge >= 0.3 is 0 Å². The van der Waals surface area contributed by atoms with Crippen molar-refractivity contribution < 1.29 is 19.0 Å². The van der Waals surface area contributed by atoms with E-state index in [9.17, 15) is 9.18 Å². The fraction of sp³-hybridized carbons (Fsp3) is 0.889. The highest BCUT2D eigenvalue weighted by molar-refractivity contribution is 5.80. The number of ether oxygens (including phenoxy) is 1. The number of likely N-dealkylation sites (tertiary alicyclic amines) is 1. The lowest BCUT2D eigenvalue weighted by atomic mass is 10.1. The second-order valence-electron chi connectivity index (χ2n) is 3.54. The zero-order chi connectivity index (χ0) is 10.7. The number of nitrogens with zero attached hydrogens (tertiary/aromatic N) is 1. The first kappa shape index (κ1) is 11.4. The minimum absolute atomic E-state index is 0.0161. The van der Waals surface area contributed by atoms with E-state index in [1.54, 1.807) is 0 Å². The molecule has 0 aromatic heterocycles. The molecule has 0 aliphatic carbocycles. The predicted molar refractivity (Wildman–Crippen MR) is 48.6 cm³/mol. The highest BCUT2D eigenvalue weighted by atomic mass is 19.1. The van der Waals surface area contributed by atoms with Crippen LogP contribution in [0.25, 0.3) is 0 Å². The van der Waals surface area contributed by atoms with E-state index in [0.717, 1.165) is 0 Å². The van der Waals surface area contributed by atoms with Gasteiger partial charge in [-0.25, -0.2) is 4.39 Å². The highest BCUT2D eigenvalue weighted by Gasteiger charge is 2.32. The monoisotopic (exact) mass is 205 g/mol. The smallest absolute Gasteiger partial charge is 0.251 e. The molecule has 1 N–H and O–H groups in total. The van der Waals surface area contributed by atoms with E-state index < -0.39 is 24.3 Å². The molecule has 0 aromatic carbocycles. The number of alkyl halides is 1. The van der Waals surface area contributed by atoms with E-state index in [1.165, 1.54) is 18.9 Å². The van der Waals surface area contributed by atoms with Crippen molar-refractivity contribution in [1.29, 1.82) is 0 Å². The summed E-state index contributed by atoms with van der Waals surface area (Å²) in [4.78, 5) is 12.6. The van der Waals surface area contributed by atoms with Crippen LogP contribution in [-0.2, 0) is 9.53 Å². The summed E-state index contributed by atoms with van der Waals surface area (Å²) >= 11 is 0. The molecule has 0 radical (unpaired) electrons. The Hall–Kier alpha value is -0.680. The van der Waals surface area contributed by atoms with Crippen molar-refractivity contribution in [3.63, 3.8) is 0 Å². The minimum Gasteiger partial charge on any atom is -0.384 e. The lowest BCUT2D eigenvalue weighted by Gasteiger charge is -2.34. The molecule has 1 fully saturated rings. The van der Waals surface area contributed by atoms with Gasteiger partial charge in [-0.1, -0.05) is 0 Å². The van der Waals surface area contributed by atoms with Gasteiger partial charge in [0.25, 0.3) is 5.91 Å². The maximum atomic E-state index is 13.3. The van der Waals surface area contributed by atoms with Crippen LogP contribution in [-0.4, -0.2) is 54.5 Å². The SMILES string of the molecule is CO[C@H]1CCN(C(=O)C(C)O)C[C@H]1F. The molecule has 5 heteroatoms. The zero-order valence-electron chi connectivity index (χ0n) is 8.44. The number of amides is 1. The van der Waals surface area contributed by atoms with Crippen molar-refractivity contribution in [3.05, 3.63) is 0 Å². The number of rotatable bonds is 2. The molecule has 14 heavy (non-hydrogen) atoms. The Balaban J connectivity index is 2.50. The standard InChI is InChI=1S/C9H16FNO3/c1-6(12)9(13)11-4-3-8(14-2)7(10)5-11/h6-8,12H,3-5H2,1-2H3/t6?,7-,8+/m1/s1. The molecule has 1 aliphatic rings. The molecular weight excluding hydrogens is 189 g/mol. The summed E-state index contributed by atoms with van der Waals surface area (Å²) < 4.78 is 18.2. The average Bonchev–Trinajstić information content (AvgIpc) is 2.16. The fourth-order valence-corrected chi connectivity index (χ4v) is 1.61. The van der Waals surface area contributed by atoms with E-state index >= 15 is 0 Å². The lowest BCUT2D eigenvalue weighted by molar-refractivity contribution is -0.144. The number of carbonyl (C=O) groups excluding carboxylic acids is 1. The molecule has 1 amide bonds. The second-order valence-corrected chi connectivity index (χ2v) is 3.54. The van der Waals surface area contributed by atoms with Crippen molar-refractivity contribution in [2.45, 2.75) is 31.7 Å². The largest absolute Gasteiger partial charge is 0.384 e. The minimum atomic E-state index is -1.16. The van der Waals surface area contributed by atoms with Gasteiger partial charge < -0.3 is 14.7 Å². The number of hydrogen-bond donors (Lipinski definition) is 1. The summed E-state index contributed by atoms with van der Waals surface area (Å²) in [6, 6.07) is 0. The van der Waals surface area contributed by atoms with Gasteiger partial charge in [0.15, 0.2) is 0 Å². The molecule has 0 aromatic rings. The number of aliphatic hydroxyl groups is 1. The van der Waals surface area contributed by atoms with Crippen molar-refractivity contribution in [1.82, 2.24) is 4.90 Å². The number of methoxy groups -OCH3 is 1. The fourth-order valence-electron chi connectivity index (χ4n) is 1.61. The number of piperidine rings is 1. The second kappa shape index (κ2) is 4.70. The Bertz CT molecular complexity index is 210. The molecule has 82 valence electrons. The molecule has 0 spiro atoms. The van der Waals surface area contributed by atoms with Gasteiger partial charge in [0.1, 0.15) is 12.3 Å². The molecule has 1 aliphatic heterocycles. The summed E-state index contributed by atoms with van der Waals surface area (Å²) in [6.07, 6.45) is -2.15. The van der Waals surface area contributed by atoms with Crippen LogP contribution in [0.2, 0.25) is 0 Å². The third-order valence-corrected chi connectivity index (χ3v) is 2.45. The summed E-state index contributed by atoms with van der Waals surface area (Å²) in [7, 11) is 1.46. The predicted octanol–water partition coefficient (Wildman–Crippen LogP) is -0.0474. The van der Waals surface area contributed by atoms with Gasteiger partial charge in [-0.2, -0.15) is 0 Å². The van der Waals surface area contributed by atoms with Crippen LogP contribution < -0.4 is 0 Å². The topological polar surface area (TPSA) is 49.8 Å². The van der Waals surface area contributed by atoms with Gasteiger partial charge in [-0.05, 0) is 13.3 Å². The molecule has 0 bridgehead atoms. The van der Waals surface area contributed by atoms with Crippen molar-refractivity contribution in [3.8, 4) is 0 Å². The van der Waals surface area contributed by atoms with Gasteiger partial charge in [0.05, 0.1) is 12.6 Å². The molecule has 1 rings (SSSR count). The normalized spacial score (nSPS) is 30.1. The van der Waals surface area contributed by atoms with Crippen LogP contribution in [0.4, 0.5) is 4.39 Å². The first-order valence-corrected chi connectivity index (χ1v) is 4.70. The molecule has 3 atom stereocenters. The van der Waals surface area contributed by atoms with E-state index in [0.29, 0.717) is 13.0 Å². The lowest BCUT2D eigenvalue weighted by Crippen LogP contribution is -2.50. The van der Waals surface area contributed by atoms with E-state index in [-0.39, 0.29) is 6.54 Å². The Morgan fingerprint density at radius 3 is 2.79 bits per heavy atom. The van der Waals surface area contributed by atoms with Crippen LogP contribution in [0, 0.1) is 0 Å². The average molecular weight is 205 g/mol. The van der Waals surface area contributed by atoms with Gasteiger partial charge in [0, 0.05) is 13.7 Å². The Morgan fingerprint density at radius 2 is 2.36 bits per heavy atom. The van der Waals surface area contributed by atoms with Crippen LogP contribution >= 0.6 is 0 Å². The molecule has 1 saturated heterocycles. The van der Waals surface area contributed by atoms with Gasteiger partial charge in [-0.3, -0.25) is 4.79 Å². The summed E-state index contributed by atoms with van der Waals surface area (Å²) in [5.41, 5.74) is 0. The van der Waals surface area contributed by atoms with Gasteiger partial charge in [0.2, 0.25) is 0 Å². The Kier molecular flexibility index (Phi) is 3.83. The molecule has 1 heterocycles. The van der Waals surface area contributed by atoms with Crippen molar-refractivity contribution >= 4 is 5.91 Å². The quantitative estimate of drug-likeness (QED) is 0.687. The summed E-state index contributed by atoms with van der Waals surface area (Å²) in [5, 5.41) is 9.04. The third-order valence-electron chi connectivity index (χ3n) is 2.45. The number of halogens is 1. The molecular formula is C9H16FNO3.